The first-order chi connectivity index (χ1) is 13.5. The number of anilines is 1. The van der Waals surface area contributed by atoms with Crippen molar-refractivity contribution in [2.45, 2.75) is 32.8 Å². The third-order valence-corrected chi connectivity index (χ3v) is 4.85. The second-order valence-electron chi connectivity index (χ2n) is 6.05. The van der Waals surface area contributed by atoms with Gasteiger partial charge in [0.05, 0.1) is 5.69 Å². The number of nitrogens with zero attached hydrogens (tertiary/aromatic N) is 2. The monoisotopic (exact) mass is 403 g/mol. The van der Waals surface area contributed by atoms with E-state index in [9.17, 15) is 13.6 Å². The number of rotatable bonds is 8. The van der Waals surface area contributed by atoms with Gasteiger partial charge in [-0.3, -0.25) is 9.78 Å². The van der Waals surface area contributed by atoms with E-state index in [2.05, 4.69) is 20.0 Å². The molecule has 3 aromatic rings. The van der Waals surface area contributed by atoms with E-state index >= 15 is 0 Å². The van der Waals surface area contributed by atoms with Crippen molar-refractivity contribution in [1.82, 2.24) is 9.97 Å². The van der Waals surface area contributed by atoms with Gasteiger partial charge in [-0.15, -0.1) is 11.3 Å². The fourth-order valence-electron chi connectivity index (χ4n) is 2.67. The molecule has 1 N–H and O–H groups in total. The number of thiazole rings is 1. The highest BCUT2D eigenvalue weighted by atomic mass is 32.1. The number of halogens is 2. The van der Waals surface area contributed by atoms with Crippen molar-refractivity contribution in [2.75, 3.05) is 5.32 Å². The molecule has 0 unspecified atom stereocenters. The first kappa shape index (κ1) is 19.9. The van der Waals surface area contributed by atoms with Crippen LogP contribution in [0.1, 0.15) is 23.4 Å². The Morgan fingerprint density at radius 2 is 2.00 bits per heavy atom. The molecule has 0 fully saturated rings. The summed E-state index contributed by atoms with van der Waals surface area (Å²) in [5.41, 5.74) is 2.44. The highest BCUT2D eigenvalue weighted by Gasteiger charge is 2.13. The average molecular weight is 403 g/mol. The summed E-state index contributed by atoms with van der Waals surface area (Å²) in [6.45, 7) is -0.959. The number of alkyl halides is 2. The van der Waals surface area contributed by atoms with Crippen LogP contribution in [0.3, 0.4) is 0 Å². The van der Waals surface area contributed by atoms with Crippen molar-refractivity contribution < 1.29 is 18.3 Å². The van der Waals surface area contributed by atoms with Crippen LogP contribution in [-0.2, 0) is 11.2 Å². The molecular formula is C20H19F2N3O2S. The van der Waals surface area contributed by atoms with Crippen molar-refractivity contribution in [3.8, 4) is 17.0 Å². The molecule has 1 amide bonds. The van der Waals surface area contributed by atoms with Gasteiger partial charge in [0.15, 0.2) is 5.13 Å². The predicted molar refractivity (Wildman–Crippen MR) is 105 cm³/mol. The number of hydrogen-bond acceptors (Lipinski definition) is 5. The molecule has 146 valence electrons. The van der Waals surface area contributed by atoms with Crippen molar-refractivity contribution >= 4 is 22.4 Å². The fraction of sp³-hybridized carbons (Fsp3) is 0.250. The van der Waals surface area contributed by atoms with E-state index in [-0.39, 0.29) is 11.7 Å². The summed E-state index contributed by atoms with van der Waals surface area (Å²) >= 11 is 1.38. The predicted octanol–water partition coefficient (Wildman–Crippen LogP) is 5.08. The topological polar surface area (TPSA) is 64.1 Å². The maximum absolute atomic E-state index is 12.2. The van der Waals surface area contributed by atoms with Gasteiger partial charge in [-0.1, -0.05) is 6.07 Å². The third kappa shape index (κ3) is 5.56. The fourth-order valence-corrected chi connectivity index (χ4v) is 3.52. The van der Waals surface area contributed by atoms with Crippen molar-refractivity contribution in [3.05, 3.63) is 59.2 Å². The van der Waals surface area contributed by atoms with Crippen LogP contribution in [0.5, 0.6) is 5.75 Å². The molecule has 0 saturated heterocycles. The van der Waals surface area contributed by atoms with E-state index in [1.54, 1.807) is 18.3 Å². The smallest absolute Gasteiger partial charge is 0.387 e. The van der Waals surface area contributed by atoms with E-state index in [4.69, 9.17) is 0 Å². The molecular weight excluding hydrogens is 384 g/mol. The summed E-state index contributed by atoms with van der Waals surface area (Å²) in [6.07, 6.45) is 3.56. The lowest BCUT2D eigenvalue weighted by Gasteiger charge is -2.05. The largest absolute Gasteiger partial charge is 0.435 e. The molecule has 2 aromatic heterocycles. The Morgan fingerprint density at radius 3 is 2.68 bits per heavy atom. The number of ether oxygens (including phenoxy) is 1. The molecule has 0 saturated carbocycles. The molecule has 0 radical (unpaired) electrons. The van der Waals surface area contributed by atoms with Crippen LogP contribution in [0.2, 0.25) is 0 Å². The van der Waals surface area contributed by atoms with E-state index in [1.165, 1.54) is 23.5 Å². The van der Waals surface area contributed by atoms with Crippen LogP contribution in [0, 0.1) is 6.92 Å². The Kier molecular flexibility index (Phi) is 6.65. The van der Waals surface area contributed by atoms with Crippen LogP contribution in [0.4, 0.5) is 13.9 Å². The maximum atomic E-state index is 12.2. The number of hydrogen-bond donors (Lipinski definition) is 1. The standard InChI is InChI=1S/C20H19F2N3O2S/c1-13-18(14-8-10-16(11-9-14)27-19(21)22)25-20(28-13)24-17(26)7-4-6-15-5-2-3-12-23-15/h2-3,5,8-12,19H,4,6-7H2,1H3,(H,24,25,26). The third-order valence-electron chi connectivity index (χ3n) is 3.96. The lowest BCUT2D eigenvalue weighted by molar-refractivity contribution is -0.116. The first-order valence-corrected chi connectivity index (χ1v) is 9.55. The second kappa shape index (κ2) is 9.36. The molecule has 1 aromatic carbocycles. The molecule has 0 spiro atoms. The Balaban J connectivity index is 1.56. The van der Waals surface area contributed by atoms with Crippen LogP contribution in [-0.4, -0.2) is 22.5 Å². The summed E-state index contributed by atoms with van der Waals surface area (Å²) in [5, 5.41) is 3.34. The Bertz CT molecular complexity index is 915. The Hall–Kier alpha value is -2.87. The summed E-state index contributed by atoms with van der Waals surface area (Å²) in [4.78, 5) is 21.8. The van der Waals surface area contributed by atoms with Gasteiger partial charge in [-0.05, 0) is 56.2 Å². The number of aryl methyl sites for hydroxylation is 2. The van der Waals surface area contributed by atoms with Crippen molar-refractivity contribution in [3.63, 3.8) is 0 Å². The highest BCUT2D eigenvalue weighted by molar-refractivity contribution is 7.16. The number of aromatic nitrogens is 2. The zero-order valence-corrected chi connectivity index (χ0v) is 16.0. The van der Waals surface area contributed by atoms with E-state index in [1.807, 2.05) is 25.1 Å². The minimum Gasteiger partial charge on any atom is -0.435 e. The highest BCUT2D eigenvalue weighted by Crippen LogP contribution is 2.31. The quantitative estimate of drug-likeness (QED) is 0.570. The number of carbonyl (C=O) groups excluding carboxylic acids is 1. The Morgan fingerprint density at radius 1 is 1.21 bits per heavy atom. The molecule has 0 aliphatic rings. The van der Waals surface area contributed by atoms with Crippen LogP contribution >= 0.6 is 11.3 Å². The van der Waals surface area contributed by atoms with E-state index in [0.717, 1.165) is 22.6 Å². The van der Waals surface area contributed by atoms with Gasteiger partial charge in [0.1, 0.15) is 5.75 Å². The lowest BCUT2D eigenvalue weighted by atomic mass is 10.1. The first-order valence-electron chi connectivity index (χ1n) is 8.73. The van der Waals surface area contributed by atoms with Crippen LogP contribution in [0.15, 0.2) is 48.7 Å². The number of carbonyl (C=O) groups is 1. The molecule has 0 bridgehead atoms. The number of nitrogens with one attached hydrogen (secondary N) is 1. The number of pyridine rings is 1. The van der Waals surface area contributed by atoms with Crippen LogP contribution in [0.25, 0.3) is 11.3 Å². The molecule has 2 heterocycles. The van der Waals surface area contributed by atoms with E-state index in [0.29, 0.717) is 23.7 Å². The lowest BCUT2D eigenvalue weighted by Crippen LogP contribution is -2.11. The molecule has 0 atom stereocenters. The summed E-state index contributed by atoms with van der Waals surface area (Å²) in [7, 11) is 0. The Labute approximate surface area is 165 Å². The molecule has 0 aliphatic heterocycles. The minimum atomic E-state index is -2.86. The van der Waals surface area contributed by atoms with Crippen molar-refractivity contribution in [1.29, 1.82) is 0 Å². The van der Waals surface area contributed by atoms with Gasteiger partial charge in [0, 0.05) is 28.8 Å². The maximum Gasteiger partial charge on any atom is 0.387 e. The van der Waals surface area contributed by atoms with Crippen LogP contribution < -0.4 is 10.1 Å². The average Bonchev–Trinajstić information content (AvgIpc) is 3.03. The number of benzene rings is 1. The molecule has 28 heavy (non-hydrogen) atoms. The van der Waals surface area contributed by atoms with Gasteiger partial charge in [0.2, 0.25) is 5.91 Å². The van der Waals surface area contributed by atoms with Gasteiger partial charge in [0.25, 0.3) is 0 Å². The molecule has 8 heteroatoms. The molecule has 0 aliphatic carbocycles. The second-order valence-corrected chi connectivity index (χ2v) is 7.25. The number of amides is 1. The van der Waals surface area contributed by atoms with Gasteiger partial charge < -0.3 is 10.1 Å². The summed E-state index contributed by atoms with van der Waals surface area (Å²) in [6, 6.07) is 12.0. The van der Waals surface area contributed by atoms with Gasteiger partial charge in [-0.25, -0.2) is 4.98 Å². The SMILES string of the molecule is Cc1sc(NC(=O)CCCc2ccccn2)nc1-c1ccc(OC(F)F)cc1. The summed E-state index contributed by atoms with van der Waals surface area (Å²) in [5.74, 6) is -0.00928. The van der Waals surface area contributed by atoms with E-state index < -0.39 is 6.61 Å². The normalized spacial score (nSPS) is 10.9. The zero-order chi connectivity index (χ0) is 19.9. The minimum absolute atomic E-state index is 0.0908. The molecule has 5 nitrogen and oxygen atoms in total. The zero-order valence-electron chi connectivity index (χ0n) is 15.2. The van der Waals surface area contributed by atoms with Gasteiger partial charge in [-0.2, -0.15) is 8.78 Å². The summed E-state index contributed by atoms with van der Waals surface area (Å²) < 4.78 is 28.8. The van der Waals surface area contributed by atoms with Crippen molar-refractivity contribution in [2.24, 2.45) is 0 Å². The molecule has 3 rings (SSSR count). The van der Waals surface area contributed by atoms with Gasteiger partial charge >= 0.3 is 6.61 Å².